The Morgan fingerprint density at radius 3 is 1.86 bits per heavy atom. The van der Waals surface area contributed by atoms with Crippen LogP contribution in [0.15, 0.2) is 78.9 Å². The Morgan fingerprint density at radius 1 is 0.857 bits per heavy atom. The van der Waals surface area contributed by atoms with E-state index in [4.69, 9.17) is 4.74 Å². The molecule has 0 aromatic heterocycles. The first-order valence-electron chi connectivity index (χ1n) is 8.71. The topological polar surface area (TPSA) is 58.6 Å². The molecule has 0 saturated heterocycles. The minimum absolute atomic E-state index is 0.137. The highest BCUT2D eigenvalue weighted by molar-refractivity contribution is 5.90. The summed E-state index contributed by atoms with van der Waals surface area (Å²) in [5, 5.41) is 13.8. The molecule has 144 valence electrons. The van der Waals surface area contributed by atoms with Gasteiger partial charge >= 0.3 is 0 Å². The second-order valence-corrected chi connectivity index (χ2v) is 6.14. The van der Waals surface area contributed by atoms with Crippen LogP contribution in [-0.2, 0) is 10.4 Å². The van der Waals surface area contributed by atoms with E-state index < -0.39 is 23.1 Å². The molecule has 0 aliphatic heterocycles. The molecule has 0 radical (unpaired) electrons. The van der Waals surface area contributed by atoms with Crippen LogP contribution in [0.3, 0.4) is 0 Å². The zero-order valence-corrected chi connectivity index (χ0v) is 14.9. The van der Waals surface area contributed by atoms with E-state index in [0.29, 0.717) is 5.75 Å². The smallest absolute Gasteiger partial charge is 0.261 e. The van der Waals surface area contributed by atoms with Gasteiger partial charge in [-0.25, -0.2) is 8.78 Å². The van der Waals surface area contributed by atoms with Crippen molar-refractivity contribution >= 4 is 5.91 Å². The van der Waals surface area contributed by atoms with Crippen LogP contribution in [0.25, 0.3) is 0 Å². The number of rotatable bonds is 7. The Balaban J connectivity index is 1.77. The van der Waals surface area contributed by atoms with Crippen LogP contribution < -0.4 is 10.1 Å². The van der Waals surface area contributed by atoms with Crippen LogP contribution >= 0.6 is 0 Å². The summed E-state index contributed by atoms with van der Waals surface area (Å²) in [7, 11) is 0. The van der Waals surface area contributed by atoms with Gasteiger partial charge in [-0.15, -0.1) is 0 Å². The number of para-hydroxylation sites is 1. The average molecular weight is 383 g/mol. The van der Waals surface area contributed by atoms with Crippen molar-refractivity contribution in [3.05, 3.63) is 102 Å². The molecule has 0 heterocycles. The fraction of sp³-hybridized carbons (Fsp3) is 0.136. The Morgan fingerprint density at radius 2 is 1.36 bits per heavy atom. The summed E-state index contributed by atoms with van der Waals surface area (Å²) in [5.41, 5.74) is -1.77. The van der Waals surface area contributed by atoms with Crippen molar-refractivity contribution in [2.75, 3.05) is 13.2 Å². The van der Waals surface area contributed by atoms with Gasteiger partial charge in [0.15, 0.2) is 5.60 Å². The molecule has 3 aromatic rings. The molecule has 0 bridgehead atoms. The van der Waals surface area contributed by atoms with Crippen LogP contribution in [-0.4, -0.2) is 24.2 Å². The number of ether oxygens (including phenoxy) is 1. The van der Waals surface area contributed by atoms with E-state index in [0.717, 1.165) is 24.3 Å². The summed E-state index contributed by atoms with van der Waals surface area (Å²) in [5.74, 6) is -1.06. The van der Waals surface area contributed by atoms with E-state index in [2.05, 4.69) is 5.32 Å². The fourth-order valence-corrected chi connectivity index (χ4v) is 2.79. The Bertz CT molecular complexity index is 867. The summed E-state index contributed by atoms with van der Waals surface area (Å²) in [6.45, 7) is 0.330. The van der Waals surface area contributed by atoms with Gasteiger partial charge < -0.3 is 15.2 Å². The van der Waals surface area contributed by atoms with E-state index in [1.165, 1.54) is 24.3 Å². The number of benzene rings is 3. The first-order valence-corrected chi connectivity index (χ1v) is 8.71. The highest BCUT2D eigenvalue weighted by Gasteiger charge is 2.39. The normalized spacial score (nSPS) is 11.1. The second kappa shape index (κ2) is 8.63. The number of aliphatic hydroxyl groups is 1. The lowest BCUT2D eigenvalue weighted by atomic mass is 9.85. The van der Waals surface area contributed by atoms with Crippen molar-refractivity contribution in [1.29, 1.82) is 0 Å². The number of nitrogens with one attached hydrogen (secondary N) is 1. The van der Waals surface area contributed by atoms with Crippen LogP contribution in [0.2, 0.25) is 0 Å². The van der Waals surface area contributed by atoms with Crippen molar-refractivity contribution in [2.24, 2.45) is 0 Å². The largest absolute Gasteiger partial charge is 0.492 e. The molecule has 0 spiro atoms. The maximum Gasteiger partial charge on any atom is 0.261 e. The minimum atomic E-state index is -2.10. The van der Waals surface area contributed by atoms with Crippen LogP contribution in [0.1, 0.15) is 11.1 Å². The fourth-order valence-electron chi connectivity index (χ4n) is 2.79. The van der Waals surface area contributed by atoms with Gasteiger partial charge in [0, 0.05) is 0 Å². The second-order valence-electron chi connectivity index (χ2n) is 6.14. The van der Waals surface area contributed by atoms with Crippen LogP contribution in [0.4, 0.5) is 8.78 Å². The third kappa shape index (κ3) is 4.35. The third-order valence-corrected chi connectivity index (χ3v) is 4.25. The molecule has 0 aliphatic carbocycles. The number of carbonyl (C=O) groups is 1. The van der Waals surface area contributed by atoms with Crippen molar-refractivity contribution in [2.45, 2.75) is 5.60 Å². The molecule has 2 N–H and O–H groups in total. The Hall–Kier alpha value is -3.25. The maximum absolute atomic E-state index is 13.3. The maximum atomic E-state index is 13.3. The molecule has 0 unspecified atom stereocenters. The molecule has 0 aliphatic rings. The Kier molecular flexibility index (Phi) is 6.01. The molecule has 6 heteroatoms. The molecule has 0 atom stereocenters. The van der Waals surface area contributed by atoms with Crippen LogP contribution in [0.5, 0.6) is 5.75 Å². The van der Waals surface area contributed by atoms with Crippen molar-refractivity contribution < 1.29 is 23.4 Å². The van der Waals surface area contributed by atoms with Crippen molar-refractivity contribution in [3.8, 4) is 5.75 Å². The first-order chi connectivity index (χ1) is 13.5. The first kappa shape index (κ1) is 19.5. The predicted molar refractivity (Wildman–Crippen MR) is 101 cm³/mol. The summed E-state index contributed by atoms with van der Waals surface area (Å²) < 4.78 is 32.1. The third-order valence-electron chi connectivity index (χ3n) is 4.25. The number of amides is 1. The summed E-state index contributed by atoms with van der Waals surface area (Å²) >= 11 is 0. The molecule has 0 fully saturated rings. The average Bonchev–Trinajstić information content (AvgIpc) is 2.72. The molecular weight excluding hydrogens is 364 g/mol. The molecule has 3 rings (SSSR count). The van der Waals surface area contributed by atoms with E-state index >= 15 is 0 Å². The van der Waals surface area contributed by atoms with E-state index in [1.807, 2.05) is 18.2 Å². The summed E-state index contributed by atoms with van der Waals surface area (Å²) in [4.78, 5) is 12.8. The van der Waals surface area contributed by atoms with Gasteiger partial charge in [-0.3, -0.25) is 4.79 Å². The monoisotopic (exact) mass is 383 g/mol. The summed E-state index contributed by atoms with van der Waals surface area (Å²) in [6, 6.07) is 19.0. The molecule has 4 nitrogen and oxygen atoms in total. The molecule has 3 aromatic carbocycles. The van der Waals surface area contributed by atoms with E-state index in [-0.39, 0.29) is 24.3 Å². The minimum Gasteiger partial charge on any atom is -0.492 e. The number of hydrogen-bond donors (Lipinski definition) is 2. The van der Waals surface area contributed by atoms with Crippen molar-refractivity contribution in [1.82, 2.24) is 5.32 Å². The van der Waals surface area contributed by atoms with Crippen LogP contribution in [0, 0.1) is 11.6 Å². The number of hydrogen-bond acceptors (Lipinski definition) is 3. The van der Waals surface area contributed by atoms with Gasteiger partial charge in [0.05, 0.1) is 6.54 Å². The molecule has 28 heavy (non-hydrogen) atoms. The van der Waals surface area contributed by atoms with E-state index in [1.54, 1.807) is 12.1 Å². The van der Waals surface area contributed by atoms with Gasteiger partial charge in [-0.1, -0.05) is 42.5 Å². The lowest BCUT2D eigenvalue weighted by Crippen LogP contribution is -2.46. The number of carbonyl (C=O) groups excluding carboxylic acids is 1. The SMILES string of the molecule is O=C(NCCOc1ccccc1)C(O)(c1ccc(F)cc1)c1ccc(F)cc1. The van der Waals surface area contributed by atoms with Gasteiger partial charge in [-0.2, -0.15) is 0 Å². The van der Waals surface area contributed by atoms with Gasteiger partial charge in [0.25, 0.3) is 5.91 Å². The standard InChI is InChI=1S/C22H19F2NO3/c23-18-10-6-16(7-11-18)22(27,17-8-12-19(24)13-9-17)21(26)25-14-15-28-20-4-2-1-3-5-20/h1-13,27H,14-15H2,(H,25,26). The highest BCUT2D eigenvalue weighted by Crippen LogP contribution is 2.30. The molecule has 1 amide bonds. The molecule has 0 saturated carbocycles. The zero-order chi connectivity index (χ0) is 20.0. The number of halogens is 2. The molecular formula is C22H19F2NO3. The quantitative estimate of drug-likeness (QED) is 0.615. The van der Waals surface area contributed by atoms with Crippen molar-refractivity contribution in [3.63, 3.8) is 0 Å². The van der Waals surface area contributed by atoms with E-state index in [9.17, 15) is 18.7 Å². The lowest BCUT2D eigenvalue weighted by molar-refractivity contribution is -0.136. The highest BCUT2D eigenvalue weighted by atomic mass is 19.1. The zero-order valence-electron chi connectivity index (χ0n) is 14.9. The van der Waals surface area contributed by atoms with Gasteiger partial charge in [0.2, 0.25) is 0 Å². The Labute approximate surface area is 161 Å². The van der Waals surface area contributed by atoms with Gasteiger partial charge in [-0.05, 0) is 47.5 Å². The van der Waals surface area contributed by atoms with Gasteiger partial charge in [0.1, 0.15) is 24.0 Å². The predicted octanol–water partition coefficient (Wildman–Crippen LogP) is 3.40. The summed E-state index contributed by atoms with van der Waals surface area (Å²) in [6.07, 6.45) is 0. The lowest BCUT2D eigenvalue weighted by Gasteiger charge is -2.28.